The summed E-state index contributed by atoms with van der Waals surface area (Å²) in [4.78, 5) is 54.1. The first-order valence-electron chi connectivity index (χ1n) is 13.8. The molecule has 5 rings (SSSR count). The van der Waals surface area contributed by atoms with Gasteiger partial charge in [0.05, 0.1) is 5.69 Å². The molecule has 0 saturated carbocycles. The van der Waals surface area contributed by atoms with Gasteiger partial charge >= 0.3 is 0 Å². The Morgan fingerprint density at radius 2 is 1.73 bits per heavy atom. The van der Waals surface area contributed by atoms with Crippen LogP contribution in [0.3, 0.4) is 0 Å². The molecule has 0 aromatic heterocycles. The van der Waals surface area contributed by atoms with Gasteiger partial charge < -0.3 is 10.2 Å². The molecule has 2 saturated heterocycles. The molecule has 2 N–H and O–H groups in total. The molecule has 3 heterocycles. The fourth-order valence-corrected chi connectivity index (χ4v) is 5.90. The number of carbonyl (C=O) groups excluding carboxylic acids is 4. The van der Waals surface area contributed by atoms with E-state index in [0.717, 1.165) is 30.0 Å². The van der Waals surface area contributed by atoms with Crippen LogP contribution in [-0.2, 0) is 14.4 Å². The Bertz CT molecular complexity index is 1200. The molecule has 3 aliphatic heterocycles. The van der Waals surface area contributed by atoms with Gasteiger partial charge in [-0.25, -0.2) is 0 Å². The number of nitrogens with zero attached hydrogens (tertiary/aromatic N) is 2. The zero-order chi connectivity index (χ0) is 25.8. The van der Waals surface area contributed by atoms with Crippen LogP contribution in [-0.4, -0.2) is 54.2 Å². The molecular weight excluding hydrogens is 468 g/mol. The summed E-state index contributed by atoms with van der Waals surface area (Å²) in [6.45, 7) is 3.70. The number of nitrogens with one attached hydrogen (secondary N) is 2. The number of rotatable bonds is 10. The fraction of sp³-hybridized carbons (Fsp3) is 0.517. The highest BCUT2D eigenvalue weighted by molar-refractivity contribution is 6.28. The van der Waals surface area contributed by atoms with Crippen LogP contribution in [0.15, 0.2) is 30.3 Å². The molecule has 4 amide bonds. The van der Waals surface area contributed by atoms with Crippen molar-refractivity contribution in [2.24, 2.45) is 0 Å². The van der Waals surface area contributed by atoms with E-state index in [4.69, 9.17) is 0 Å². The lowest BCUT2D eigenvalue weighted by atomic mass is 10.0. The highest BCUT2D eigenvalue weighted by atomic mass is 16.2. The first-order valence-corrected chi connectivity index (χ1v) is 13.8. The van der Waals surface area contributed by atoms with Crippen molar-refractivity contribution in [3.8, 4) is 0 Å². The second-order valence-electron chi connectivity index (χ2n) is 10.5. The van der Waals surface area contributed by atoms with Crippen molar-refractivity contribution in [1.29, 1.82) is 0 Å². The second kappa shape index (κ2) is 11.4. The van der Waals surface area contributed by atoms with Crippen molar-refractivity contribution in [2.75, 3.05) is 29.9 Å². The molecular formula is C29H36N4O4. The van der Waals surface area contributed by atoms with Gasteiger partial charge in [0.2, 0.25) is 17.7 Å². The molecule has 1 atom stereocenters. The van der Waals surface area contributed by atoms with Gasteiger partial charge in [-0.3, -0.25) is 29.4 Å². The van der Waals surface area contributed by atoms with Crippen LogP contribution in [0.4, 0.5) is 11.4 Å². The average Bonchev–Trinajstić information content (AvgIpc) is 3.18. The molecule has 2 fully saturated rings. The molecule has 37 heavy (non-hydrogen) atoms. The summed E-state index contributed by atoms with van der Waals surface area (Å²) < 4.78 is 0. The van der Waals surface area contributed by atoms with Crippen molar-refractivity contribution in [1.82, 2.24) is 10.2 Å². The smallest absolute Gasteiger partial charge is 0.259 e. The van der Waals surface area contributed by atoms with Gasteiger partial charge in [-0.2, -0.15) is 0 Å². The van der Waals surface area contributed by atoms with E-state index in [2.05, 4.69) is 15.5 Å². The monoisotopic (exact) mass is 504 g/mol. The van der Waals surface area contributed by atoms with Crippen LogP contribution in [0.1, 0.15) is 81.0 Å². The third-order valence-electron chi connectivity index (χ3n) is 7.85. The summed E-state index contributed by atoms with van der Waals surface area (Å²) in [7, 11) is 0. The van der Waals surface area contributed by atoms with Gasteiger partial charge in [0.1, 0.15) is 6.04 Å². The minimum absolute atomic E-state index is 0.0274. The Kier molecular flexibility index (Phi) is 7.84. The van der Waals surface area contributed by atoms with Crippen LogP contribution < -0.4 is 15.5 Å². The van der Waals surface area contributed by atoms with E-state index in [1.165, 1.54) is 56.6 Å². The summed E-state index contributed by atoms with van der Waals surface area (Å²) in [5, 5.41) is 6.90. The average molecular weight is 505 g/mol. The van der Waals surface area contributed by atoms with Crippen LogP contribution in [0.25, 0.3) is 10.8 Å². The van der Waals surface area contributed by atoms with E-state index in [1.54, 1.807) is 24.3 Å². The van der Waals surface area contributed by atoms with Crippen LogP contribution in [0, 0.1) is 0 Å². The number of benzene rings is 2. The SMILES string of the molecule is O=C1CCC(N2C(=O)c3cccc4c(NC(=O)CCCCCCCN5CCCCC5)ccc2c34)C(=O)N1. The van der Waals surface area contributed by atoms with Gasteiger partial charge in [-0.05, 0) is 69.9 Å². The number of amides is 4. The zero-order valence-corrected chi connectivity index (χ0v) is 21.4. The summed E-state index contributed by atoms with van der Waals surface area (Å²) in [5.41, 5.74) is 1.83. The fourth-order valence-electron chi connectivity index (χ4n) is 5.90. The number of unbranched alkanes of at least 4 members (excludes halogenated alkanes) is 4. The normalized spacial score (nSPS) is 19.9. The Morgan fingerprint density at radius 3 is 2.54 bits per heavy atom. The van der Waals surface area contributed by atoms with Crippen molar-refractivity contribution >= 4 is 45.8 Å². The van der Waals surface area contributed by atoms with E-state index in [-0.39, 0.29) is 24.1 Å². The zero-order valence-electron chi connectivity index (χ0n) is 21.4. The molecule has 0 aliphatic carbocycles. The lowest BCUT2D eigenvalue weighted by Crippen LogP contribution is -2.53. The van der Waals surface area contributed by atoms with Gasteiger partial charge in [-0.1, -0.05) is 37.8 Å². The first-order chi connectivity index (χ1) is 18.0. The number of carbonyl (C=O) groups is 4. The maximum absolute atomic E-state index is 13.2. The molecule has 3 aliphatic rings. The van der Waals surface area contributed by atoms with Gasteiger partial charge in [0, 0.05) is 34.9 Å². The van der Waals surface area contributed by atoms with Crippen LogP contribution in [0.2, 0.25) is 0 Å². The topological polar surface area (TPSA) is 98.8 Å². The van der Waals surface area contributed by atoms with E-state index in [0.29, 0.717) is 29.8 Å². The Balaban J connectivity index is 1.16. The van der Waals surface area contributed by atoms with E-state index in [9.17, 15) is 19.2 Å². The number of hydrogen-bond acceptors (Lipinski definition) is 5. The van der Waals surface area contributed by atoms with Crippen molar-refractivity contribution < 1.29 is 19.2 Å². The Morgan fingerprint density at radius 1 is 0.946 bits per heavy atom. The molecule has 196 valence electrons. The number of anilines is 2. The van der Waals surface area contributed by atoms with E-state index in [1.807, 2.05) is 6.07 Å². The summed E-state index contributed by atoms with van der Waals surface area (Å²) >= 11 is 0. The predicted octanol–water partition coefficient (Wildman–Crippen LogP) is 4.37. The number of piperidine rings is 2. The molecule has 0 radical (unpaired) electrons. The lowest BCUT2D eigenvalue weighted by molar-refractivity contribution is -0.134. The predicted molar refractivity (Wildman–Crippen MR) is 144 cm³/mol. The highest BCUT2D eigenvalue weighted by Crippen LogP contribution is 2.42. The molecule has 2 aromatic rings. The summed E-state index contributed by atoms with van der Waals surface area (Å²) in [6.07, 6.45) is 10.5. The summed E-state index contributed by atoms with van der Waals surface area (Å²) in [6, 6.07) is 8.31. The van der Waals surface area contributed by atoms with Gasteiger partial charge in [-0.15, -0.1) is 0 Å². The quantitative estimate of drug-likeness (QED) is 0.370. The number of likely N-dealkylation sites (tertiary alicyclic amines) is 1. The maximum Gasteiger partial charge on any atom is 0.259 e. The van der Waals surface area contributed by atoms with Gasteiger partial charge in [0.25, 0.3) is 5.91 Å². The third-order valence-corrected chi connectivity index (χ3v) is 7.85. The van der Waals surface area contributed by atoms with E-state index < -0.39 is 11.9 Å². The molecule has 0 bridgehead atoms. The molecule has 8 nitrogen and oxygen atoms in total. The van der Waals surface area contributed by atoms with Crippen LogP contribution in [0.5, 0.6) is 0 Å². The van der Waals surface area contributed by atoms with Gasteiger partial charge in [0.15, 0.2) is 0 Å². The van der Waals surface area contributed by atoms with E-state index >= 15 is 0 Å². The highest BCUT2D eigenvalue weighted by Gasteiger charge is 2.40. The van der Waals surface area contributed by atoms with Crippen LogP contribution >= 0.6 is 0 Å². The second-order valence-corrected chi connectivity index (χ2v) is 10.5. The largest absolute Gasteiger partial charge is 0.326 e. The molecule has 2 aromatic carbocycles. The minimum atomic E-state index is -0.721. The maximum atomic E-state index is 13.2. The number of imide groups is 1. The molecule has 0 spiro atoms. The van der Waals surface area contributed by atoms with Crippen molar-refractivity contribution in [3.05, 3.63) is 35.9 Å². The number of hydrogen-bond donors (Lipinski definition) is 2. The minimum Gasteiger partial charge on any atom is -0.326 e. The summed E-state index contributed by atoms with van der Waals surface area (Å²) in [5.74, 6) is -1.04. The third kappa shape index (κ3) is 5.54. The van der Waals surface area contributed by atoms with Crippen molar-refractivity contribution in [3.63, 3.8) is 0 Å². The Hall–Kier alpha value is -3.26. The van der Waals surface area contributed by atoms with Crippen molar-refractivity contribution in [2.45, 2.75) is 76.7 Å². The molecule has 8 heteroatoms. The lowest BCUT2D eigenvalue weighted by Gasteiger charge is -2.30. The molecule has 1 unspecified atom stereocenters. The standard InChI is InChI=1S/C29H36N4O4/c34-25(12-5-2-1-3-6-17-32-18-7-4-8-19-32)30-22-13-14-23-27-20(22)10-9-11-21(27)29(37)33(23)24-15-16-26(35)31-28(24)36/h9-11,13-14,24H,1-8,12,15-19H2,(H,30,34)(H,31,35,36). The first kappa shape index (κ1) is 25.4. The Labute approximate surface area is 217 Å².